The number of halogens is 3. The van der Waals surface area contributed by atoms with Gasteiger partial charge in [0.1, 0.15) is 17.1 Å². The largest absolute Gasteiger partial charge is 0.433 e. The van der Waals surface area contributed by atoms with Crippen molar-refractivity contribution in [3.63, 3.8) is 0 Å². The summed E-state index contributed by atoms with van der Waals surface area (Å²) in [5, 5.41) is 12.0. The van der Waals surface area contributed by atoms with Crippen molar-refractivity contribution in [3.05, 3.63) is 65.1 Å². The zero-order chi connectivity index (χ0) is 24.3. The first-order valence-electron chi connectivity index (χ1n) is 10.8. The Hall–Kier alpha value is -3.73. The second-order valence-electron chi connectivity index (χ2n) is 8.17. The van der Waals surface area contributed by atoms with Crippen molar-refractivity contribution in [2.45, 2.75) is 39.0 Å². The standard InChI is InChI=1S/C23H24F3N7O/c1-13(2)30-21(34)18-12-29-22(32-16-4-3-14-5-7-27-11-15(14)9-16)33-20(18)31-17-6-8-28-19(10-17)23(24,25)26/h3-4,6,8-10,12-13,27H,5,7,11H2,1-2H3,(H,30,34)(H2,28,29,31,32,33). The third-order valence-corrected chi connectivity index (χ3v) is 5.12. The van der Waals surface area contributed by atoms with E-state index in [0.717, 1.165) is 37.5 Å². The smallest absolute Gasteiger partial charge is 0.350 e. The molecule has 0 atom stereocenters. The molecular formula is C23H24F3N7O. The Morgan fingerprint density at radius 3 is 2.62 bits per heavy atom. The van der Waals surface area contributed by atoms with Crippen LogP contribution in [0.2, 0.25) is 0 Å². The summed E-state index contributed by atoms with van der Waals surface area (Å²) in [7, 11) is 0. The molecule has 8 nitrogen and oxygen atoms in total. The summed E-state index contributed by atoms with van der Waals surface area (Å²) in [5.74, 6) is -0.193. The molecule has 0 saturated carbocycles. The molecule has 1 aromatic carbocycles. The summed E-state index contributed by atoms with van der Waals surface area (Å²) in [6.07, 6.45) is -1.28. The van der Waals surface area contributed by atoms with Crippen LogP contribution in [0.4, 0.5) is 36.3 Å². The zero-order valence-corrected chi connectivity index (χ0v) is 18.6. The number of pyridine rings is 1. The molecule has 0 bridgehead atoms. The lowest BCUT2D eigenvalue weighted by Crippen LogP contribution is -2.31. The minimum absolute atomic E-state index is 0.0644. The quantitative estimate of drug-likeness (QED) is 0.428. The number of alkyl halides is 3. The molecule has 178 valence electrons. The molecule has 1 aliphatic heterocycles. The van der Waals surface area contributed by atoms with Crippen LogP contribution in [0.5, 0.6) is 0 Å². The number of benzene rings is 1. The Bertz CT molecular complexity index is 1200. The minimum atomic E-state index is -4.60. The maximum absolute atomic E-state index is 13.1. The van der Waals surface area contributed by atoms with Crippen LogP contribution in [0.3, 0.4) is 0 Å². The van der Waals surface area contributed by atoms with E-state index in [0.29, 0.717) is 0 Å². The predicted molar refractivity (Wildman–Crippen MR) is 122 cm³/mol. The van der Waals surface area contributed by atoms with Gasteiger partial charge in [0.25, 0.3) is 5.91 Å². The Morgan fingerprint density at radius 2 is 1.85 bits per heavy atom. The van der Waals surface area contributed by atoms with E-state index in [-0.39, 0.29) is 29.1 Å². The van der Waals surface area contributed by atoms with Gasteiger partial charge in [-0.3, -0.25) is 9.78 Å². The van der Waals surface area contributed by atoms with Crippen molar-refractivity contribution >= 4 is 29.0 Å². The van der Waals surface area contributed by atoms with Crippen molar-refractivity contribution < 1.29 is 18.0 Å². The topological polar surface area (TPSA) is 104 Å². The number of nitrogens with zero attached hydrogens (tertiary/aromatic N) is 3. The molecule has 4 N–H and O–H groups in total. The number of aromatic nitrogens is 3. The number of fused-ring (bicyclic) bond motifs is 1. The van der Waals surface area contributed by atoms with E-state index >= 15 is 0 Å². The lowest BCUT2D eigenvalue weighted by molar-refractivity contribution is -0.141. The van der Waals surface area contributed by atoms with Gasteiger partial charge >= 0.3 is 6.18 Å². The van der Waals surface area contributed by atoms with E-state index in [2.05, 4.69) is 36.2 Å². The number of amides is 1. The van der Waals surface area contributed by atoms with Crippen LogP contribution >= 0.6 is 0 Å². The summed E-state index contributed by atoms with van der Waals surface area (Å²) in [6, 6.07) is 8.02. The summed E-state index contributed by atoms with van der Waals surface area (Å²) < 4.78 is 39.3. The van der Waals surface area contributed by atoms with Crippen molar-refractivity contribution in [1.82, 2.24) is 25.6 Å². The van der Waals surface area contributed by atoms with Crippen LogP contribution in [-0.4, -0.2) is 33.4 Å². The molecule has 1 aliphatic rings. The third kappa shape index (κ3) is 5.60. The Morgan fingerprint density at radius 1 is 1.06 bits per heavy atom. The van der Waals surface area contributed by atoms with Gasteiger partial charge in [-0.25, -0.2) is 4.98 Å². The van der Waals surface area contributed by atoms with E-state index in [9.17, 15) is 18.0 Å². The minimum Gasteiger partial charge on any atom is -0.350 e. The first-order valence-corrected chi connectivity index (χ1v) is 10.8. The van der Waals surface area contributed by atoms with Crippen LogP contribution in [0.1, 0.15) is 41.0 Å². The van der Waals surface area contributed by atoms with Crippen molar-refractivity contribution in [2.24, 2.45) is 0 Å². The molecule has 0 fully saturated rings. The summed E-state index contributed by atoms with van der Waals surface area (Å²) in [4.78, 5) is 24.7. The van der Waals surface area contributed by atoms with Crippen molar-refractivity contribution in [3.8, 4) is 0 Å². The number of hydrogen-bond donors (Lipinski definition) is 4. The third-order valence-electron chi connectivity index (χ3n) is 5.12. The van der Waals surface area contributed by atoms with E-state index < -0.39 is 17.8 Å². The fraction of sp³-hybridized carbons (Fsp3) is 0.304. The van der Waals surface area contributed by atoms with E-state index in [1.807, 2.05) is 18.2 Å². The van der Waals surface area contributed by atoms with Crippen molar-refractivity contribution in [2.75, 3.05) is 17.2 Å². The Balaban J connectivity index is 1.65. The molecule has 0 saturated heterocycles. The highest BCUT2D eigenvalue weighted by molar-refractivity contribution is 5.99. The lowest BCUT2D eigenvalue weighted by atomic mass is 10.0. The SMILES string of the molecule is CC(C)NC(=O)c1cnc(Nc2ccc3c(c2)CNCC3)nc1Nc1ccnc(C(F)(F)F)c1. The van der Waals surface area contributed by atoms with Gasteiger partial charge in [-0.1, -0.05) is 6.07 Å². The van der Waals surface area contributed by atoms with E-state index in [1.165, 1.54) is 23.4 Å². The number of nitrogens with one attached hydrogen (secondary N) is 4. The van der Waals surface area contributed by atoms with E-state index in [1.54, 1.807) is 13.8 Å². The van der Waals surface area contributed by atoms with Gasteiger partial charge < -0.3 is 21.3 Å². The van der Waals surface area contributed by atoms with Gasteiger partial charge in [-0.15, -0.1) is 0 Å². The molecule has 1 amide bonds. The fourth-order valence-electron chi connectivity index (χ4n) is 3.53. The Kier molecular flexibility index (Phi) is 6.64. The maximum atomic E-state index is 13.1. The monoisotopic (exact) mass is 471 g/mol. The second kappa shape index (κ2) is 9.64. The fourth-order valence-corrected chi connectivity index (χ4v) is 3.53. The molecule has 0 spiro atoms. The first-order chi connectivity index (χ1) is 16.2. The highest BCUT2D eigenvalue weighted by Gasteiger charge is 2.32. The molecule has 4 rings (SSSR count). The molecule has 0 radical (unpaired) electrons. The van der Waals surface area contributed by atoms with Gasteiger partial charge in [-0.2, -0.15) is 18.2 Å². The highest BCUT2D eigenvalue weighted by Crippen LogP contribution is 2.30. The molecule has 2 aromatic heterocycles. The van der Waals surface area contributed by atoms with Gasteiger partial charge in [0.05, 0.1) is 0 Å². The number of carbonyl (C=O) groups excluding carboxylic acids is 1. The van der Waals surface area contributed by atoms with Gasteiger partial charge in [0.15, 0.2) is 0 Å². The average molecular weight is 471 g/mol. The summed E-state index contributed by atoms with van der Waals surface area (Å²) in [5.41, 5.74) is 2.33. The van der Waals surface area contributed by atoms with Crippen LogP contribution in [0.15, 0.2) is 42.7 Å². The van der Waals surface area contributed by atoms with Gasteiger partial charge in [-0.05, 0) is 62.2 Å². The van der Waals surface area contributed by atoms with Crippen LogP contribution in [0.25, 0.3) is 0 Å². The van der Waals surface area contributed by atoms with Crippen LogP contribution in [-0.2, 0) is 19.1 Å². The zero-order valence-electron chi connectivity index (χ0n) is 18.6. The van der Waals surface area contributed by atoms with Crippen LogP contribution < -0.4 is 21.3 Å². The van der Waals surface area contributed by atoms with Crippen molar-refractivity contribution in [1.29, 1.82) is 0 Å². The first kappa shape index (κ1) is 23.4. The summed E-state index contributed by atoms with van der Waals surface area (Å²) >= 11 is 0. The predicted octanol–water partition coefficient (Wildman–Crippen LogP) is 4.16. The van der Waals surface area contributed by atoms with Gasteiger partial charge in [0.2, 0.25) is 5.95 Å². The molecule has 11 heteroatoms. The molecule has 34 heavy (non-hydrogen) atoms. The number of rotatable bonds is 6. The normalized spacial score (nSPS) is 13.4. The molecule has 3 aromatic rings. The number of carbonyl (C=O) groups is 1. The highest BCUT2D eigenvalue weighted by atomic mass is 19.4. The van der Waals surface area contributed by atoms with E-state index in [4.69, 9.17) is 0 Å². The summed E-state index contributed by atoms with van der Waals surface area (Å²) in [6.45, 7) is 5.29. The molecule has 3 heterocycles. The lowest BCUT2D eigenvalue weighted by Gasteiger charge is -2.18. The molecular weight excluding hydrogens is 447 g/mol. The second-order valence-corrected chi connectivity index (χ2v) is 8.17. The number of hydrogen-bond acceptors (Lipinski definition) is 7. The molecule has 0 aliphatic carbocycles. The molecule has 0 unspecified atom stereocenters. The Labute approximate surface area is 194 Å². The number of anilines is 4. The van der Waals surface area contributed by atoms with Crippen LogP contribution in [0, 0.1) is 0 Å². The van der Waals surface area contributed by atoms with Gasteiger partial charge in [0, 0.05) is 36.4 Å². The maximum Gasteiger partial charge on any atom is 0.433 e. The average Bonchev–Trinajstić information content (AvgIpc) is 2.78.